The predicted octanol–water partition coefficient (Wildman–Crippen LogP) is 3.12. The number of rotatable bonds is 3. The molecule has 2 aliphatic carbocycles. The number of alkyl halides is 2. The topological polar surface area (TPSA) is 57.2 Å². The Labute approximate surface area is 107 Å². The molecule has 0 N–H and O–H groups in total. The minimum absolute atomic E-state index is 0.195. The second kappa shape index (κ2) is 5.04. The van der Waals surface area contributed by atoms with Crippen LogP contribution in [0.2, 0.25) is 0 Å². The summed E-state index contributed by atoms with van der Waals surface area (Å²) in [7, 11) is -5.52. The van der Waals surface area contributed by atoms with Crippen molar-refractivity contribution in [2.75, 3.05) is 0 Å². The first-order chi connectivity index (χ1) is 8.31. The fourth-order valence-electron chi connectivity index (χ4n) is 3.73. The molecule has 3 nitrogen and oxygen atoms in total. The minimum Gasteiger partial charge on any atom is -0.743 e. The van der Waals surface area contributed by atoms with Gasteiger partial charge in [-0.2, -0.15) is 8.78 Å². The lowest BCUT2D eigenvalue weighted by atomic mass is 9.65. The first-order valence-corrected chi connectivity index (χ1v) is 8.05. The van der Waals surface area contributed by atoms with E-state index in [4.69, 9.17) is 0 Å². The molecule has 6 heteroatoms. The highest BCUT2D eigenvalue weighted by atomic mass is 32.2. The second-order valence-corrected chi connectivity index (χ2v) is 7.20. The van der Waals surface area contributed by atoms with E-state index < -0.39 is 21.8 Å². The molecule has 0 saturated heterocycles. The zero-order valence-electron chi connectivity index (χ0n) is 10.3. The third kappa shape index (κ3) is 2.85. The summed E-state index contributed by atoms with van der Waals surface area (Å²) in [6.45, 7) is 0. The van der Waals surface area contributed by atoms with E-state index in [1.54, 1.807) is 0 Å². The van der Waals surface area contributed by atoms with E-state index >= 15 is 0 Å². The van der Waals surface area contributed by atoms with Gasteiger partial charge in [-0.15, -0.1) is 0 Å². The standard InChI is InChI=1S/C12H20F2O3S/c13-12(14,18(15,16)17)8-10-6-3-5-9-4-1-2-7-11(9)10/h9-11H,1-8H2,(H,15,16,17)/p-1. The SMILES string of the molecule is O=S(=O)([O-])C(F)(F)CC1CCCC2CCCCC21. The molecule has 3 atom stereocenters. The average molecular weight is 281 g/mol. The van der Waals surface area contributed by atoms with Gasteiger partial charge in [0.15, 0.2) is 10.1 Å². The summed E-state index contributed by atoms with van der Waals surface area (Å²) in [4.78, 5) is 0. The van der Waals surface area contributed by atoms with E-state index in [0.717, 1.165) is 38.5 Å². The van der Waals surface area contributed by atoms with E-state index in [1.807, 2.05) is 0 Å². The summed E-state index contributed by atoms with van der Waals surface area (Å²) >= 11 is 0. The predicted molar refractivity (Wildman–Crippen MR) is 62.1 cm³/mol. The average Bonchev–Trinajstić information content (AvgIpc) is 2.27. The van der Waals surface area contributed by atoms with Crippen molar-refractivity contribution < 1.29 is 21.8 Å². The van der Waals surface area contributed by atoms with Crippen molar-refractivity contribution in [1.82, 2.24) is 0 Å². The highest BCUT2D eigenvalue weighted by molar-refractivity contribution is 7.86. The monoisotopic (exact) mass is 281 g/mol. The Hall–Kier alpha value is -0.230. The van der Waals surface area contributed by atoms with Crippen LogP contribution in [0.5, 0.6) is 0 Å². The van der Waals surface area contributed by atoms with Crippen molar-refractivity contribution in [2.24, 2.45) is 17.8 Å². The molecule has 2 saturated carbocycles. The summed E-state index contributed by atoms with van der Waals surface area (Å²) in [5.41, 5.74) is 0. The Kier molecular flexibility index (Phi) is 3.97. The smallest absolute Gasteiger partial charge is 0.334 e. The van der Waals surface area contributed by atoms with Gasteiger partial charge in [-0.05, 0) is 30.6 Å². The third-order valence-electron chi connectivity index (χ3n) is 4.59. The molecule has 2 aliphatic rings. The molecule has 3 unspecified atom stereocenters. The summed E-state index contributed by atoms with van der Waals surface area (Å²) < 4.78 is 58.5. The van der Waals surface area contributed by atoms with E-state index in [2.05, 4.69) is 0 Å². The number of hydrogen-bond acceptors (Lipinski definition) is 3. The van der Waals surface area contributed by atoms with Crippen LogP contribution in [0.1, 0.15) is 51.4 Å². The van der Waals surface area contributed by atoms with Crippen LogP contribution in [-0.4, -0.2) is 18.2 Å². The van der Waals surface area contributed by atoms with Crippen LogP contribution in [0.4, 0.5) is 8.78 Å². The number of halogens is 2. The van der Waals surface area contributed by atoms with Gasteiger partial charge in [-0.3, -0.25) is 0 Å². The Bertz CT molecular complexity index is 392. The Morgan fingerprint density at radius 2 is 1.67 bits per heavy atom. The molecule has 18 heavy (non-hydrogen) atoms. The minimum atomic E-state index is -5.52. The lowest BCUT2D eigenvalue weighted by Crippen LogP contribution is -2.38. The lowest BCUT2D eigenvalue weighted by molar-refractivity contribution is 0.00791. The van der Waals surface area contributed by atoms with Crippen molar-refractivity contribution in [3.8, 4) is 0 Å². The normalized spacial score (nSPS) is 34.1. The van der Waals surface area contributed by atoms with Crippen LogP contribution in [0.3, 0.4) is 0 Å². The summed E-state index contributed by atoms with van der Waals surface area (Å²) in [5.74, 6) is 0.352. The molecular weight excluding hydrogens is 262 g/mol. The first kappa shape index (κ1) is 14.2. The highest BCUT2D eigenvalue weighted by Gasteiger charge is 2.44. The highest BCUT2D eigenvalue weighted by Crippen LogP contribution is 2.47. The van der Waals surface area contributed by atoms with Crippen molar-refractivity contribution in [3.05, 3.63) is 0 Å². The molecule has 0 radical (unpaired) electrons. The molecule has 0 aromatic rings. The van der Waals surface area contributed by atoms with Crippen molar-refractivity contribution in [3.63, 3.8) is 0 Å². The molecule has 0 aromatic carbocycles. The maximum absolute atomic E-state index is 13.4. The maximum Gasteiger partial charge on any atom is 0.334 e. The fraction of sp³-hybridized carbons (Fsp3) is 1.00. The van der Waals surface area contributed by atoms with Gasteiger partial charge in [0.2, 0.25) is 0 Å². The largest absolute Gasteiger partial charge is 0.743 e. The van der Waals surface area contributed by atoms with Gasteiger partial charge in [-0.25, -0.2) is 8.42 Å². The molecule has 2 rings (SSSR count). The molecule has 106 valence electrons. The lowest BCUT2D eigenvalue weighted by Gasteiger charge is -2.42. The molecule has 0 amide bonds. The van der Waals surface area contributed by atoms with Crippen molar-refractivity contribution in [1.29, 1.82) is 0 Å². The van der Waals surface area contributed by atoms with Gasteiger partial charge in [0, 0.05) is 6.42 Å². The van der Waals surface area contributed by atoms with Crippen molar-refractivity contribution in [2.45, 2.75) is 56.6 Å². The van der Waals surface area contributed by atoms with Crippen LogP contribution >= 0.6 is 0 Å². The van der Waals surface area contributed by atoms with E-state index in [-0.39, 0.29) is 11.8 Å². The zero-order chi connectivity index (χ0) is 13.4. The van der Waals surface area contributed by atoms with Gasteiger partial charge in [0.05, 0.1) is 0 Å². The van der Waals surface area contributed by atoms with Gasteiger partial charge in [-0.1, -0.05) is 32.1 Å². The molecule has 0 aliphatic heterocycles. The Morgan fingerprint density at radius 1 is 1.06 bits per heavy atom. The van der Waals surface area contributed by atoms with Crippen LogP contribution in [-0.2, 0) is 10.1 Å². The maximum atomic E-state index is 13.4. The van der Waals surface area contributed by atoms with Crippen molar-refractivity contribution >= 4 is 10.1 Å². The van der Waals surface area contributed by atoms with Crippen LogP contribution in [0.25, 0.3) is 0 Å². The second-order valence-electron chi connectivity index (χ2n) is 5.69. The van der Waals surface area contributed by atoms with Crippen LogP contribution in [0.15, 0.2) is 0 Å². The van der Waals surface area contributed by atoms with E-state index in [0.29, 0.717) is 12.3 Å². The fourth-order valence-corrected chi connectivity index (χ4v) is 4.15. The third-order valence-corrected chi connectivity index (χ3v) is 5.49. The number of hydrogen-bond donors (Lipinski definition) is 0. The van der Waals surface area contributed by atoms with E-state index in [9.17, 15) is 21.8 Å². The molecule has 0 heterocycles. The van der Waals surface area contributed by atoms with Crippen LogP contribution < -0.4 is 0 Å². The summed E-state index contributed by atoms with van der Waals surface area (Å²) in [5, 5.41) is -4.10. The van der Waals surface area contributed by atoms with Gasteiger partial charge in [0.25, 0.3) is 0 Å². The summed E-state index contributed by atoms with van der Waals surface area (Å²) in [6, 6.07) is 0. The first-order valence-electron chi connectivity index (χ1n) is 6.64. The molecule has 0 spiro atoms. The quantitative estimate of drug-likeness (QED) is 0.747. The van der Waals surface area contributed by atoms with Gasteiger partial charge in [0.1, 0.15) is 0 Å². The molecule has 0 aromatic heterocycles. The van der Waals surface area contributed by atoms with E-state index in [1.165, 1.54) is 0 Å². The molecule has 0 bridgehead atoms. The zero-order valence-corrected chi connectivity index (χ0v) is 11.1. The van der Waals surface area contributed by atoms with Crippen LogP contribution in [0, 0.1) is 17.8 Å². The number of fused-ring (bicyclic) bond motifs is 1. The summed E-state index contributed by atoms with van der Waals surface area (Å²) in [6.07, 6.45) is 5.95. The molecular formula is C12H19F2O3S-. The Balaban J connectivity index is 2.08. The van der Waals surface area contributed by atoms with Gasteiger partial charge < -0.3 is 4.55 Å². The molecule has 2 fully saturated rings. The van der Waals surface area contributed by atoms with Gasteiger partial charge >= 0.3 is 5.25 Å². The Morgan fingerprint density at radius 3 is 2.33 bits per heavy atom.